The van der Waals surface area contributed by atoms with Gasteiger partial charge in [0.15, 0.2) is 5.69 Å². The summed E-state index contributed by atoms with van der Waals surface area (Å²) in [5, 5.41) is 13.7. The van der Waals surface area contributed by atoms with Gasteiger partial charge in [-0.3, -0.25) is 14.6 Å². The van der Waals surface area contributed by atoms with E-state index in [0.29, 0.717) is 24.7 Å². The number of hydrogen-bond acceptors (Lipinski definition) is 5. The zero-order valence-electron chi connectivity index (χ0n) is 15.6. The molecular formula is C18H27N5O2S. The van der Waals surface area contributed by atoms with Crippen LogP contribution in [0.2, 0.25) is 0 Å². The van der Waals surface area contributed by atoms with E-state index in [1.807, 2.05) is 0 Å². The molecule has 26 heavy (non-hydrogen) atoms. The maximum absolute atomic E-state index is 11.8. The van der Waals surface area contributed by atoms with Gasteiger partial charge < -0.3 is 20.7 Å². The first-order valence-electron chi connectivity index (χ1n) is 8.43. The van der Waals surface area contributed by atoms with Crippen molar-refractivity contribution < 1.29 is 9.53 Å². The van der Waals surface area contributed by atoms with Crippen molar-refractivity contribution in [1.82, 2.24) is 20.4 Å². The van der Waals surface area contributed by atoms with Crippen LogP contribution in [0.25, 0.3) is 5.70 Å². The third-order valence-electron chi connectivity index (χ3n) is 4.03. The highest BCUT2D eigenvalue weighted by Crippen LogP contribution is 2.19. The number of rotatable bonds is 9. The summed E-state index contributed by atoms with van der Waals surface area (Å²) < 4.78 is 7.30. The molecule has 1 aromatic carbocycles. The van der Waals surface area contributed by atoms with E-state index in [9.17, 15) is 4.79 Å². The molecule has 0 unspecified atom stereocenters. The van der Waals surface area contributed by atoms with Crippen LogP contribution in [0.3, 0.4) is 0 Å². The number of hydrogen-bond donors (Lipinski definition) is 5. The normalized spacial score (nSPS) is 11.5. The largest absolute Gasteiger partial charge is 0.382 e. The molecule has 0 aliphatic rings. The first kappa shape index (κ1) is 20.0. The molecule has 0 radical (unpaired) electrons. The van der Waals surface area contributed by atoms with Crippen molar-refractivity contribution in [2.24, 2.45) is 0 Å². The molecule has 0 saturated carbocycles. The molecule has 2 aromatic rings. The summed E-state index contributed by atoms with van der Waals surface area (Å²) in [5.74, 6) is 0.520. The summed E-state index contributed by atoms with van der Waals surface area (Å²) in [6.45, 7) is 5.56. The Morgan fingerprint density at radius 3 is 2.73 bits per heavy atom. The van der Waals surface area contributed by atoms with Crippen molar-refractivity contribution in [2.75, 3.05) is 32.6 Å². The van der Waals surface area contributed by atoms with E-state index in [2.05, 4.69) is 65.7 Å². The molecule has 7 nitrogen and oxygen atoms in total. The average Bonchev–Trinajstić information content (AvgIpc) is 2.60. The minimum Gasteiger partial charge on any atom is -0.382 e. The number of H-pyrrole nitrogens is 1. The first-order chi connectivity index (χ1) is 12.5. The van der Waals surface area contributed by atoms with Crippen LogP contribution in [0, 0.1) is 13.8 Å². The van der Waals surface area contributed by atoms with Crippen LogP contribution in [0.4, 0.5) is 5.82 Å². The Morgan fingerprint density at radius 1 is 1.35 bits per heavy atom. The van der Waals surface area contributed by atoms with Crippen LogP contribution < -0.4 is 16.0 Å². The highest BCUT2D eigenvalue weighted by atomic mass is 32.1. The van der Waals surface area contributed by atoms with Gasteiger partial charge in [0.1, 0.15) is 12.5 Å². The second-order valence-corrected chi connectivity index (χ2v) is 6.18. The van der Waals surface area contributed by atoms with Gasteiger partial charge in [0.05, 0.1) is 6.61 Å². The number of aryl methyl sites for hydroxylation is 2. The highest BCUT2D eigenvalue weighted by Gasteiger charge is 2.19. The van der Waals surface area contributed by atoms with E-state index in [1.165, 1.54) is 11.1 Å². The lowest BCUT2D eigenvalue weighted by atomic mass is 10.0. The molecule has 0 atom stereocenters. The van der Waals surface area contributed by atoms with Crippen molar-refractivity contribution in [3.63, 3.8) is 0 Å². The molecule has 0 bridgehead atoms. The fraction of sp³-hybridized carbons (Fsp3) is 0.389. The van der Waals surface area contributed by atoms with Crippen molar-refractivity contribution in [1.29, 1.82) is 0 Å². The van der Waals surface area contributed by atoms with E-state index < -0.39 is 0 Å². The summed E-state index contributed by atoms with van der Waals surface area (Å²) in [6.07, 6.45) is 0. The Labute approximate surface area is 159 Å². The molecule has 0 spiro atoms. The summed E-state index contributed by atoms with van der Waals surface area (Å²) in [4.78, 5) is 11.8. The number of nitrogens with one attached hydrogen (secondary N) is 4. The lowest BCUT2D eigenvalue weighted by molar-refractivity contribution is 0.0631. The number of ether oxygens (including phenoxy) is 1. The van der Waals surface area contributed by atoms with Gasteiger partial charge in [-0.2, -0.15) is 0 Å². The number of benzene rings is 1. The fourth-order valence-electron chi connectivity index (χ4n) is 2.69. The SMILES string of the molecule is CNC(=O)c1c(NC)[nH]n1COCCN/C(=C\S)c1ccc(C)cc1C. The van der Waals surface area contributed by atoms with E-state index in [1.54, 1.807) is 24.2 Å². The van der Waals surface area contributed by atoms with Crippen LogP contribution in [-0.2, 0) is 11.5 Å². The summed E-state index contributed by atoms with van der Waals surface area (Å²) in [7, 11) is 3.36. The predicted octanol–water partition coefficient (Wildman–Crippen LogP) is 2.33. The monoisotopic (exact) mass is 377 g/mol. The van der Waals surface area contributed by atoms with Gasteiger partial charge >= 0.3 is 0 Å². The van der Waals surface area contributed by atoms with Crippen molar-refractivity contribution in [3.05, 3.63) is 46.0 Å². The maximum Gasteiger partial charge on any atom is 0.273 e. The second-order valence-electron chi connectivity index (χ2n) is 5.92. The third kappa shape index (κ3) is 4.64. The van der Waals surface area contributed by atoms with Gasteiger partial charge in [-0.1, -0.05) is 23.8 Å². The average molecular weight is 378 g/mol. The molecule has 8 heteroatoms. The van der Waals surface area contributed by atoms with E-state index in [0.717, 1.165) is 11.3 Å². The number of thiol groups is 1. The molecule has 4 N–H and O–H groups in total. The second kappa shape index (κ2) is 9.40. The number of nitrogens with zero attached hydrogens (tertiary/aromatic N) is 1. The standard InChI is InChI=1S/C18H27N5O2S/c1-12-5-6-14(13(2)9-12)15(10-26)21-7-8-25-11-23-16(18(24)20-4)17(19-3)22-23/h5-6,9-10,19,21-22,26H,7-8,11H2,1-4H3,(H,20,24)/b15-10-. The molecule has 1 heterocycles. The van der Waals surface area contributed by atoms with Gasteiger partial charge in [-0.25, -0.2) is 0 Å². The Hall–Kier alpha value is -2.32. The summed E-state index contributed by atoms with van der Waals surface area (Å²) >= 11 is 4.31. The van der Waals surface area contributed by atoms with Gasteiger partial charge in [-0.05, 0) is 24.8 Å². The Balaban J connectivity index is 1.83. The molecule has 2 rings (SSSR count). The third-order valence-corrected chi connectivity index (χ3v) is 4.29. The van der Waals surface area contributed by atoms with Crippen LogP contribution in [0.5, 0.6) is 0 Å². The van der Waals surface area contributed by atoms with Gasteiger partial charge in [0, 0.05) is 31.9 Å². The number of amides is 1. The number of carbonyl (C=O) groups excluding carboxylic acids is 1. The Morgan fingerprint density at radius 2 is 2.12 bits per heavy atom. The van der Waals surface area contributed by atoms with Crippen molar-refractivity contribution in [3.8, 4) is 0 Å². The quantitative estimate of drug-likeness (QED) is 0.343. The lowest BCUT2D eigenvalue weighted by Gasteiger charge is -2.22. The molecule has 1 aromatic heterocycles. The number of carbonyl (C=O) groups is 1. The fourth-order valence-corrected chi connectivity index (χ4v) is 2.92. The van der Waals surface area contributed by atoms with Gasteiger partial charge in [-0.15, -0.1) is 12.6 Å². The maximum atomic E-state index is 11.8. The predicted molar refractivity (Wildman–Crippen MR) is 109 cm³/mol. The minimum absolute atomic E-state index is 0.162. The van der Waals surface area contributed by atoms with Gasteiger partial charge in [0.25, 0.3) is 5.91 Å². The van der Waals surface area contributed by atoms with Crippen LogP contribution in [-0.4, -0.2) is 42.9 Å². The number of aromatic amines is 1. The highest BCUT2D eigenvalue weighted by molar-refractivity contribution is 7.83. The smallest absolute Gasteiger partial charge is 0.273 e. The van der Waals surface area contributed by atoms with Crippen molar-refractivity contribution in [2.45, 2.75) is 20.6 Å². The molecule has 142 valence electrons. The van der Waals surface area contributed by atoms with Gasteiger partial charge in [0.2, 0.25) is 0 Å². The van der Waals surface area contributed by atoms with Crippen LogP contribution in [0.1, 0.15) is 27.2 Å². The van der Waals surface area contributed by atoms with E-state index in [-0.39, 0.29) is 12.6 Å². The molecule has 0 fully saturated rings. The van der Waals surface area contributed by atoms with Crippen LogP contribution >= 0.6 is 12.6 Å². The van der Waals surface area contributed by atoms with E-state index >= 15 is 0 Å². The van der Waals surface area contributed by atoms with Crippen molar-refractivity contribution >= 4 is 30.1 Å². The lowest BCUT2D eigenvalue weighted by Crippen LogP contribution is -2.31. The van der Waals surface area contributed by atoms with Crippen LogP contribution in [0.15, 0.2) is 23.6 Å². The molecule has 1 amide bonds. The summed E-state index contributed by atoms with van der Waals surface area (Å²) in [5.41, 5.74) is 5.05. The van der Waals surface area contributed by atoms with E-state index in [4.69, 9.17) is 4.74 Å². The zero-order valence-corrected chi connectivity index (χ0v) is 16.5. The summed E-state index contributed by atoms with van der Waals surface area (Å²) in [6, 6.07) is 6.32. The topological polar surface area (TPSA) is 83.1 Å². The minimum atomic E-state index is -0.162. The number of anilines is 1. The molecular weight excluding hydrogens is 350 g/mol. The Bertz CT molecular complexity index is 779. The zero-order chi connectivity index (χ0) is 19.1. The molecule has 0 aliphatic carbocycles. The number of aromatic nitrogens is 2. The molecule has 0 aliphatic heterocycles. The molecule has 0 saturated heterocycles. The Kier molecular flexibility index (Phi) is 7.23. The first-order valence-corrected chi connectivity index (χ1v) is 8.95.